The Balaban J connectivity index is 2.06. The number of fused-ring (bicyclic) bond motifs is 1. The highest BCUT2D eigenvalue weighted by Gasteiger charge is 2.44. The van der Waals surface area contributed by atoms with Crippen molar-refractivity contribution in [2.24, 2.45) is 0 Å². The summed E-state index contributed by atoms with van der Waals surface area (Å²) in [5.74, 6) is -1.87. The zero-order valence-corrected chi connectivity index (χ0v) is 13.0. The molecule has 2 amide bonds. The Kier molecular flexibility index (Phi) is 4.28. The van der Waals surface area contributed by atoms with Gasteiger partial charge < -0.3 is 9.64 Å². The molecule has 0 unspecified atom stereocenters. The summed E-state index contributed by atoms with van der Waals surface area (Å²) in [5.41, 5.74) is 0.935. The van der Waals surface area contributed by atoms with Crippen LogP contribution in [-0.4, -0.2) is 28.7 Å². The van der Waals surface area contributed by atoms with Crippen LogP contribution in [0.2, 0.25) is 0 Å². The van der Waals surface area contributed by atoms with Gasteiger partial charge in [0.15, 0.2) is 0 Å². The summed E-state index contributed by atoms with van der Waals surface area (Å²) in [6.07, 6.45) is -5.54. The fourth-order valence-electron chi connectivity index (χ4n) is 2.22. The Labute approximate surface area is 131 Å². The molecule has 0 fully saturated rings. The number of benzene rings is 1. The maximum Gasteiger partial charge on any atom is 0.471 e. The number of rotatable bonds is 1. The van der Waals surface area contributed by atoms with E-state index in [-0.39, 0.29) is 13.1 Å². The maximum atomic E-state index is 12.5. The van der Waals surface area contributed by atoms with Crippen molar-refractivity contribution in [1.29, 1.82) is 0 Å². The van der Waals surface area contributed by atoms with E-state index in [4.69, 9.17) is 4.74 Å². The summed E-state index contributed by atoms with van der Waals surface area (Å²) in [6.45, 7) is 4.92. The number of nitrogens with zero attached hydrogens (tertiary/aromatic N) is 1. The lowest BCUT2D eigenvalue weighted by Gasteiger charge is -2.19. The van der Waals surface area contributed by atoms with Crippen LogP contribution < -0.4 is 5.32 Å². The van der Waals surface area contributed by atoms with Gasteiger partial charge in [-0.05, 0) is 44.0 Å². The van der Waals surface area contributed by atoms with Gasteiger partial charge in [0.1, 0.15) is 5.60 Å². The molecule has 5 nitrogen and oxygen atoms in total. The van der Waals surface area contributed by atoms with E-state index < -0.39 is 23.8 Å². The van der Waals surface area contributed by atoms with Gasteiger partial charge in [0, 0.05) is 18.8 Å². The zero-order valence-electron chi connectivity index (χ0n) is 13.0. The third kappa shape index (κ3) is 4.37. The van der Waals surface area contributed by atoms with Crippen LogP contribution in [0, 0.1) is 0 Å². The molecular formula is C15H17F3N2O3. The molecule has 0 atom stereocenters. The van der Waals surface area contributed by atoms with Gasteiger partial charge in [0.2, 0.25) is 0 Å². The number of nitrogens with one attached hydrogen (secondary N) is 1. The molecule has 0 bridgehead atoms. The number of amides is 2. The molecular weight excluding hydrogens is 313 g/mol. The highest BCUT2D eigenvalue weighted by Crippen LogP contribution is 2.29. The molecule has 1 aliphatic rings. The van der Waals surface area contributed by atoms with Crippen LogP contribution >= 0.6 is 0 Å². The Morgan fingerprint density at radius 1 is 1.13 bits per heavy atom. The number of carbonyl (C=O) groups excluding carboxylic acids is 2. The molecule has 0 spiro atoms. The average Bonchev–Trinajstić information content (AvgIpc) is 2.77. The van der Waals surface area contributed by atoms with Crippen LogP contribution in [0.15, 0.2) is 18.2 Å². The molecule has 1 aliphatic heterocycles. The Morgan fingerprint density at radius 3 is 2.30 bits per heavy atom. The SMILES string of the molecule is CC(C)(C)OC(=O)Nc1ccc2c(c1)CN(C(=O)C(F)(F)F)C2. The van der Waals surface area contributed by atoms with Crippen LogP contribution in [0.25, 0.3) is 0 Å². The Bertz CT molecular complexity index is 636. The molecule has 1 aromatic rings. The van der Waals surface area contributed by atoms with E-state index in [1.807, 2.05) is 0 Å². The predicted octanol–water partition coefficient (Wildman–Crippen LogP) is 3.44. The van der Waals surface area contributed by atoms with Gasteiger partial charge in [0.25, 0.3) is 0 Å². The summed E-state index contributed by atoms with van der Waals surface area (Å²) in [5, 5.41) is 2.52. The van der Waals surface area contributed by atoms with Crippen LogP contribution in [-0.2, 0) is 22.6 Å². The van der Waals surface area contributed by atoms with E-state index in [9.17, 15) is 22.8 Å². The van der Waals surface area contributed by atoms with Gasteiger partial charge in [0.05, 0.1) is 0 Å². The second kappa shape index (κ2) is 5.75. The van der Waals surface area contributed by atoms with Crippen molar-refractivity contribution < 1.29 is 27.5 Å². The van der Waals surface area contributed by atoms with E-state index in [2.05, 4.69) is 5.32 Å². The van der Waals surface area contributed by atoms with Crippen molar-refractivity contribution in [3.63, 3.8) is 0 Å². The summed E-state index contributed by atoms with van der Waals surface area (Å²) < 4.78 is 42.5. The normalized spacial score (nSPS) is 14.4. The first-order valence-corrected chi connectivity index (χ1v) is 6.93. The largest absolute Gasteiger partial charge is 0.471 e. The number of ether oxygens (including phenoxy) is 1. The van der Waals surface area contributed by atoms with Crippen LogP contribution in [0.3, 0.4) is 0 Å². The predicted molar refractivity (Wildman–Crippen MR) is 76.6 cm³/mol. The van der Waals surface area contributed by atoms with Crippen molar-refractivity contribution in [1.82, 2.24) is 4.90 Å². The molecule has 8 heteroatoms. The number of halogens is 3. The number of hydrogen-bond acceptors (Lipinski definition) is 3. The minimum atomic E-state index is -4.89. The van der Waals surface area contributed by atoms with Crippen molar-refractivity contribution in [3.8, 4) is 0 Å². The molecule has 1 aromatic carbocycles. The monoisotopic (exact) mass is 330 g/mol. The van der Waals surface area contributed by atoms with Crippen molar-refractivity contribution in [2.45, 2.75) is 45.6 Å². The molecule has 23 heavy (non-hydrogen) atoms. The molecule has 1 N–H and O–H groups in total. The van der Waals surface area contributed by atoms with Gasteiger partial charge in [-0.3, -0.25) is 10.1 Å². The fourth-order valence-corrected chi connectivity index (χ4v) is 2.22. The fraction of sp³-hybridized carbons (Fsp3) is 0.467. The zero-order chi connectivity index (χ0) is 17.4. The van der Waals surface area contributed by atoms with E-state index in [1.165, 1.54) is 0 Å². The minimum Gasteiger partial charge on any atom is -0.444 e. The molecule has 0 radical (unpaired) electrons. The molecule has 0 saturated heterocycles. The second-order valence-electron chi connectivity index (χ2n) is 6.27. The van der Waals surface area contributed by atoms with Gasteiger partial charge in [-0.25, -0.2) is 4.79 Å². The molecule has 126 valence electrons. The van der Waals surface area contributed by atoms with E-state index in [0.29, 0.717) is 16.8 Å². The van der Waals surface area contributed by atoms with Gasteiger partial charge in [-0.1, -0.05) is 6.07 Å². The summed E-state index contributed by atoms with van der Waals surface area (Å²) in [6, 6.07) is 4.69. The number of hydrogen-bond donors (Lipinski definition) is 1. The van der Waals surface area contributed by atoms with E-state index in [0.717, 1.165) is 4.90 Å². The van der Waals surface area contributed by atoms with Gasteiger partial charge in [-0.2, -0.15) is 13.2 Å². The highest BCUT2D eigenvalue weighted by molar-refractivity contribution is 5.85. The topological polar surface area (TPSA) is 58.6 Å². The summed E-state index contributed by atoms with van der Waals surface area (Å²) >= 11 is 0. The van der Waals surface area contributed by atoms with Crippen LogP contribution in [0.5, 0.6) is 0 Å². The first-order chi connectivity index (χ1) is 10.5. The third-order valence-electron chi connectivity index (χ3n) is 3.10. The van der Waals surface area contributed by atoms with Crippen molar-refractivity contribution in [2.75, 3.05) is 5.32 Å². The third-order valence-corrected chi connectivity index (χ3v) is 3.10. The van der Waals surface area contributed by atoms with Crippen LogP contribution in [0.4, 0.5) is 23.7 Å². The number of carbonyl (C=O) groups is 2. The average molecular weight is 330 g/mol. The minimum absolute atomic E-state index is 0.0968. The summed E-state index contributed by atoms with van der Waals surface area (Å²) in [7, 11) is 0. The number of alkyl halides is 3. The Morgan fingerprint density at radius 2 is 1.74 bits per heavy atom. The first kappa shape index (κ1) is 17.1. The molecule has 2 rings (SSSR count). The van der Waals surface area contributed by atoms with E-state index in [1.54, 1.807) is 39.0 Å². The van der Waals surface area contributed by atoms with Crippen LogP contribution in [0.1, 0.15) is 31.9 Å². The van der Waals surface area contributed by atoms with E-state index >= 15 is 0 Å². The van der Waals surface area contributed by atoms with Crippen molar-refractivity contribution in [3.05, 3.63) is 29.3 Å². The standard InChI is InChI=1S/C15H17F3N2O3/c1-14(2,3)23-13(22)19-11-5-4-9-7-20(8-10(9)6-11)12(21)15(16,17)18/h4-6H,7-8H2,1-3H3,(H,19,22). The molecule has 0 aromatic heterocycles. The molecule has 0 saturated carbocycles. The quantitative estimate of drug-likeness (QED) is 0.858. The molecule has 1 heterocycles. The van der Waals surface area contributed by atoms with Gasteiger partial charge in [-0.15, -0.1) is 0 Å². The lowest BCUT2D eigenvalue weighted by Crippen LogP contribution is -2.37. The van der Waals surface area contributed by atoms with Crippen molar-refractivity contribution >= 4 is 17.7 Å². The lowest BCUT2D eigenvalue weighted by atomic mass is 10.1. The highest BCUT2D eigenvalue weighted by atomic mass is 19.4. The summed E-state index contributed by atoms with van der Waals surface area (Å²) in [4.78, 5) is 23.7. The first-order valence-electron chi connectivity index (χ1n) is 6.93. The maximum absolute atomic E-state index is 12.5. The lowest BCUT2D eigenvalue weighted by molar-refractivity contribution is -0.186. The van der Waals surface area contributed by atoms with Gasteiger partial charge >= 0.3 is 18.2 Å². The smallest absolute Gasteiger partial charge is 0.444 e. The second-order valence-corrected chi connectivity index (χ2v) is 6.27. The Hall–Kier alpha value is -2.25. The number of anilines is 1. The molecule has 0 aliphatic carbocycles.